The maximum atomic E-state index is 3.21. The van der Waals surface area contributed by atoms with E-state index in [1.807, 2.05) is 6.20 Å². The fraction of sp³-hybridized carbons (Fsp3) is 0.556. The van der Waals surface area contributed by atoms with Crippen LogP contribution in [0.4, 0.5) is 0 Å². The van der Waals surface area contributed by atoms with Crippen molar-refractivity contribution in [3.63, 3.8) is 0 Å². The normalized spacial score (nSPS) is 17.4. The molecule has 0 bridgehead atoms. The Balaban J connectivity index is 2.73. The molecule has 0 aromatic carbocycles. The van der Waals surface area contributed by atoms with Gasteiger partial charge in [-0.2, -0.15) is 0 Å². The molecule has 1 aliphatic rings. The summed E-state index contributed by atoms with van der Waals surface area (Å²) in [5.74, 6) is 0. The number of hydrogen-bond donors (Lipinski definition) is 1. The molecule has 0 fully saturated rings. The van der Waals surface area contributed by atoms with E-state index in [9.17, 15) is 0 Å². The van der Waals surface area contributed by atoms with Gasteiger partial charge in [-0.25, -0.2) is 0 Å². The Kier molecular flexibility index (Phi) is 2.55. The van der Waals surface area contributed by atoms with Crippen LogP contribution in [0, 0.1) is 0 Å². The molecule has 1 heterocycles. The zero-order valence-corrected chi connectivity index (χ0v) is 6.78. The second-order valence-electron chi connectivity index (χ2n) is 2.55. The SMILES string of the molecule is CCC1=C(CC)CNC=C1. The van der Waals surface area contributed by atoms with Crippen molar-refractivity contribution in [3.05, 3.63) is 23.4 Å². The molecule has 1 N–H and O–H groups in total. The first-order chi connectivity index (χ1) is 4.88. The van der Waals surface area contributed by atoms with Gasteiger partial charge in [0.2, 0.25) is 0 Å². The number of rotatable bonds is 2. The molecule has 1 aliphatic heterocycles. The van der Waals surface area contributed by atoms with E-state index >= 15 is 0 Å². The minimum Gasteiger partial charge on any atom is -0.387 e. The van der Waals surface area contributed by atoms with E-state index in [1.54, 1.807) is 5.57 Å². The highest BCUT2D eigenvalue weighted by Gasteiger charge is 2.02. The summed E-state index contributed by atoms with van der Waals surface area (Å²) >= 11 is 0. The lowest BCUT2D eigenvalue weighted by Crippen LogP contribution is -2.14. The summed E-state index contributed by atoms with van der Waals surface area (Å²) < 4.78 is 0. The molecular weight excluding hydrogens is 122 g/mol. The Labute approximate surface area is 62.8 Å². The first-order valence-electron chi connectivity index (χ1n) is 3.99. The third-order valence-electron chi connectivity index (χ3n) is 1.98. The van der Waals surface area contributed by atoms with Crippen LogP contribution in [0.1, 0.15) is 26.7 Å². The monoisotopic (exact) mass is 137 g/mol. The summed E-state index contributed by atoms with van der Waals surface area (Å²) in [6, 6.07) is 0. The van der Waals surface area contributed by atoms with Crippen LogP contribution < -0.4 is 5.32 Å². The van der Waals surface area contributed by atoms with Gasteiger partial charge < -0.3 is 5.32 Å². The molecule has 0 aromatic rings. The fourth-order valence-corrected chi connectivity index (χ4v) is 1.29. The van der Waals surface area contributed by atoms with Crippen molar-refractivity contribution in [2.24, 2.45) is 0 Å². The molecule has 0 saturated carbocycles. The summed E-state index contributed by atoms with van der Waals surface area (Å²) in [4.78, 5) is 0. The van der Waals surface area contributed by atoms with Crippen molar-refractivity contribution in [1.29, 1.82) is 0 Å². The zero-order valence-electron chi connectivity index (χ0n) is 6.78. The average molecular weight is 137 g/mol. The molecule has 10 heavy (non-hydrogen) atoms. The van der Waals surface area contributed by atoms with Crippen LogP contribution in [-0.4, -0.2) is 6.54 Å². The van der Waals surface area contributed by atoms with Gasteiger partial charge >= 0.3 is 0 Å². The molecule has 1 heteroatoms. The highest BCUT2D eigenvalue weighted by molar-refractivity contribution is 5.29. The Morgan fingerprint density at radius 1 is 1.40 bits per heavy atom. The summed E-state index contributed by atoms with van der Waals surface area (Å²) in [6.45, 7) is 5.47. The number of nitrogens with one attached hydrogen (secondary N) is 1. The van der Waals surface area contributed by atoms with Gasteiger partial charge in [0.25, 0.3) is 0 Å². The highest BCUT2D eigenvalue weighted by Crippen LogP contribution is 2.15. The van der Waals surface area contributed by atoms with Gasteiger partial charge in [-0.3, -0.25) is 0 Å². The first kappa shape index (κ1) is 7.39. The smallest absolute Gasteiger partial charge is 0.0360 e. The standard InChI is InChI=1S/C9H15N/c1-3-8-5-6-10-7-9(8)4-2/h5-6,10H,3-4,7H2,1-2H3. The summed E-state index contributed by atoms with van der Waals surface area (Å²) in [6.07, 6.45) is 6.57. The van der Waals surface area contributed by atoms with Crippen LogP contribution in [0.25, 0.3) is 0 Å². The molecule has 0 aliphatic carbocycles. The maximum Gasteiger partial charge on any atom is 0.0360 e. The van der Waals surface area contributed by atoms with Crippen LogP contribution in [-0.2, 0) is 0 Å². The Morgan fingerprint density at radius 2 is 2.20 bits per heavy atom. The van der Waals surface area contributed by atoms with E-state index < -0.39 is 0 Å². The first-order valence-corrected chi connectivity index (χ1v) is 3.99. The van der Waals surface area contributed by atoms with Crippen molar-refractivity contribution in [2.75, 3.05) is 6.54 Å². The quantitative estimate of drug-likeness (QED) is 0.615. The topological polar surface area (TPSA) is 12.0 Å². The summed E-state index contributed by atoms with van der Waals surface area (Å²) in [5, 5.41) is 3.21. The van der Waals surface area contributed by atoms with E-state index in [0.717, 1.165) is 6.54 Å². The highest BCUT2D eigenvalue weighted by atomic mass is 14.8. The lowest BCUT2D eigenvalue weighted by molar-refractivity contribution is 0.840. The third-order valence-corrected chi connectivity index (χ3v) is 1.98. The predicted molar refractivity (Wildman–Crippen MR) is 44.8 cm³/mol. The van der Waals surface area contributed by atoms with Crippen LogP contribution in [0.2, 0.25) is 0 Å². The number of allylic oxidation sites excluding steroid dienone is 2. The van der Waals surface area contributed by atoms with Crippen molar-refractivity contribution >= 4 is 0 Å². The van der Waals surface area contributed by atoms with Gasteiger partial charge in [0.15, 0.2) is 0 Å². The minimum atomic E-state index is 1.05. The van der Waals surface area contributed by atoms with E-state index in [2.05, 4.69) is 25.2 Å². The summed E-state index contributed by atoms with van der Waals surface area (Å²) in [7, 11) is 0. The lowest BCUT2D eigenvalue weighted by atomic mass is 10.0. The molecule has 0 radical (unpaired) electrons. The molecule has 0 atom stereocenters. The zero-order chi connectivity index (χ0) is 7.40. The largest absolute Gasteiger partial charge is 0.387 e. The second-order valence-corrected chi connectivity index (χ2v) is 2.55. The van der Waals surface area contributed by atoms with Gasteiger partial charge in [-0.15, -0.1) is 0 Å². The molecule has 0 aromatic heterocycles. The van der Waals surface area contributed by atoms with Crippen LogP contribution in [0.15, 0.2) is 23.4 Å². The molecule has 0 spiro atoms. The Hall–Kier alpha value is -0.720. The minimum absolute atomic E-state index is 1.05. The van der Waals surface area contributed by atoms with Crippen molar-refractivity contribution in [1.82, 2.24) is 5.32 Å². The number of hydrogen-bond acceptors (Lipinski definition) is 1. The van der Waals surface area contributed by atoms with Gasteiger partial charge in [0, 0.05) is 6.54 Å². The average Bonchev–Trinajstić information content (AvgIpc) is 2.04. The number of dihydropyridines is 1. The van der Waals surface area contributed by atoms with E-state index in [-0.39, 0.29) is 0 Å². The predicted octanol–water partition coefficient (Wildman–Crippen LogP) is 2.22. The molecule has 0 unspecified atom stereocenters. The van der Waals surface area contributed by atoms with Crippen LogP contribution >= 0.6 is 0 Å². The fourth-order valence-electron chi connectivity index (χ4n) is 1.29. The van der Waals surface area contributed by atoms with Gasteiger partial charge in [0.05, 0.1) is 0 Å². The Morgan fingerprint density at radius 3 is 2.70 bits per heavy atom. The van der Waals surface area contributed by atoms with E-state index in [0.29, 0.717) is 0 Å². The van der Waals surface area contributed by atoms with Gasteiger partial charge in [-0.1, -0.05) is 13.8 Å². The second kappa shape index (κ2) is 3.45. The van der Waals surface area contributed by atoms with Crippen LogP contribution in [0.5, 0.6) is 0 Å². The van der Waals surface area contributed by atoms with Gasteiger partial charge in [0.1, 0.15) is 0 Å². The lowest BCUT2D eigenvalue weighted by Gasteiger charge is -2.14. The maximum absolute atomic E-state index is 3.21. The van der Waals surface area contributed by atoms with Crippen molar-refractivity contribution in [3.8, 4) is 0 Å². The molecule has 0 saturated heterocycles. The summed E-state index contributed by atoms with van der Waals surface area (Å²) in [5.41, 5.74) is 3.08. The van der Waals surface area contributed by atoms with Crippen molar-refractivity contribution < 1.29 is 0 Å². The van der Waals surface area contributed by atoms with E-state index in [4.69, 9.17) is 0 Å². The molecule has 56 valence electrons. The molecule has 0 amide bonds. The molecular formula is C9H15N. The third kappa shape index (κ3) is 1.41. The molecule has 1 nitrogen and oxygen atoms in total. The van der Waals surface area contributed by atoms with Gasteiger partial charge in [-0.05, 0) is 36.3 Å². The van der Waals surface area contributed by atoms with E-state index in [1.165, 1.54) is 18.4 Å². The molecule has 1 rings (SSSR count). The van der Waals surface area contributed by atoms with Crippen molar-refractivity contribution in [2.45, 2.75) is 26.7 Å². The Bertz CT molecular complexity index is 166. The van der Waals surface area contributed by atoms with Crippen LogP contribution in [0.3, 0.4) is 0 Å².